The summed E-state index contributed by atoms with van der Waals surface area (Å²) in [6, 6.07) is 3.73. The Bertz CT molecular complexity index is 482. The highest BCUT2D eigenvalue weighted by molar-refractivity contribution is 5.95. The van der Waals surface area contributed by atoms with Gasteiger partial charge in [-0.05, 0) is 36.8 Å². The molecule has 1 saturated carbocycles. The summed E-state index contributed by atoms with van der Waals surface area (Å²) in [6.07, 6.45) is 4.17. The van der Waals surface area contributed by atoms with Crippen LogP contribution in [0.2, 0.25) is 0 Å². The van der Waals surface area contributed by atoms with Gasteiger partial charge in [0.25, 0.3) is 5.91 Å². The van der Waals surface area contributed by atoms with Gasteiger partial charge in [0.05, 0.1) is 0 Å². The molecule has 4 nitrogen and oxygen atoms in total. The van der Waals surface area contributed by atoms with Gasteiger partial charge in [-0.15, -0.1) is 0 Å². The summed E-state index contributed by atoms with van der Waals surface area (Å²) in [7, 11) is 0. The van der Waals surface area contributed by atoms with Gasteiger partial charge in [0.2, 0.25) is 0 Å². The number of aromatic nitrogens is 1. The summed E-state index contributed by atoms with van der Waals surface area (Å²) in [6.45, 7) is 6.43. The van der Waals surface area contributed by atoms with Crippen LogP contribution in [0.5, 0.6) is 0 Å². The standard InChI is InChI=1S/C15H23N3O/c1-4-11-8-10(9-13(16)17-11)14(19)18-12-6-5-7-15(12,2)3/h8-9,12H,4-7H2,1-3H3,(H2,16,17)(H,18,19). The van der Waals surface area contributed by atoms with Crippen molar-refractivity contribution in [3.05, 3.63) is 23.4 Å². The lowest BCUT2D eigenvalue weighted by Crippen LogP contribution is -2.41. The summed E-state index contributed by atoms with van der Waals surface area (Å²) >= 11 is 0. The first-order chi connectivity index (χ1) is 8.92. The number of carbonyl (C=O) groups is 1. The van der Waals surface area contributed by atoms with Crippen molar-refractivity contribution in [1.29, 1.82) is 0 Å². The fourth-order valence-corrected chi connectivity index (χ4v) is 2.76. The molecule has 0 spiro atoms. The molecule has 0 aliphatic heterocycles. The van der Waals surface area contributed by atoms with E-state index in [9.17, 15) is 4.79 Å². The van der Waals surface area contributed by atoms with E-state index >= 15 is 0 Å². The van der Waals surface area contributed by atoms with Gasteiger partial charge in [0.1, 0.15) is 5.82 Å². The van der Waals surface area contributed by atoms with Crippen LogP contribution in [0.15, 0.2) is 12.1 Å². The Morgan fingerprint density at radius 2 is 2.26 bits per heavy atom. The predicted octanol–water partition coefficient (Wildman–Crippen LogP) is 2.53. The minimum atomic E-state index is -0.0382. The number of hydrogen-bond donors (Lipinski definition) is 2. The molecule has 1 aromatic heterocycles. The maximum atomic E-state index is 12.3. The number of nitrogen functional groups attached to an aromatic ring is 1. The number of anilines is 1. The Hall–Kier alpha value is -1.58. The smallest absolute Gasteiger partial charge is 0.251 e. The molecular weight excluding hydrogens is 238 g/mol. The van der Waals surface area contributed by atoms with Crippen molar-refractivity contribution < 1.29 is 4.79 Å². The van der Waals surface area contributed by atoms with Crippen molar-refractivity contribution in [2.45, 2.75) is 52.5 Å². The van der Waals surface area contributed by atoms with E-state index in [4.69, 9.17) is 5.73 Å². The number of amides is 1. The normalized spacial score (nSPS) is 21.3. The molecule has 0 radical (unpaired) electrons. The molecule has 4 heteroatoms. The average molecular weight is 261 g/mol. The second-order valence-corrected chi connectivity index (χ2v) is 6.03. The van der Waals surface area contributed by atoms with E-state index in [-0.39, 0.29) is 17.4 Å². The first-order valence-electron chi connectivity index (χ1n) is 6.99. The number of rotatable bonds is 3. The number of aryl methyl sites for hydroxylation is 1. The van der Waals surface area contributed by atoms with Crippen LogP contribution in [0.3, 0.4) is 0 Å². The SMILES string of the molecule is CCc1cc(C(=O)NC2CCCC2(C)C)cc(N)n1. The van der Waals surface area contributed by atoms with Gasteiger partial charge in [-0.1, -0.05) is 27.2 Å². The van der Waals surface area contributed by atoms with Crippen molar-refractivity contribution in [3.63, 3.8) is 0 Å². The third-order valence-electron chi connectivity index (χ3n) is 4.09. The Morgan fingerprint density at radius 1 is 1.53 bits per heavy atom. The Labute approximate surface area is 114 Å². The van der Waals surface area contributed by atoms with Crippen LogP contribution in [0, 0.1) is 5.41 Å². The predicted molar refractivity (Wildman–Crippen MR) is 76.9 cm³/mol. The van der Waals surface area contributed by atoms with E-state index in [2.05, 4.69) is 24.1 Å². The van der Waals surface area contributed by atoms with E-state index in [1.54, 1.807) is 6.07 Å². The number of nitrogens with zero attached hydrogens (tertiary/aromatic N) is 1. The first kappa shape index (κ1) is 13.8. The fraction of sp³-hybridized carbons (Fsp3) is 0.600. The first-order valence-corrected chi connectivity index (χ1v) is 6.99. The quantitative estimate of drug-likeness (QED) is 0.878. The van der Waals surface area contributed by atoms with Crippen LogP contribution < -0.4 is 11.1 Å². The summed E-state index contributed by atoms with van der Waals surface area (Å²) < 4.78 is 0. The maximum absolute atomic E-state index is 12.3. The Morgan fingerprint density at radius 3 is 2.84 bits per heavy atom. The highest BCUT2D eigenvalue weighted by Gasteiger charge is 2.35. The second kappa shape index (κ2) is 5.19. The van der Waals surface area contributed by atoms with Crippen LogP contribution in [-0.2, 0) is 6.42 Å². The minimum absolute atomic E-state index is 0.0382. The molecule has 2 rings (SSSR count). The zero-order valence-electron chi connectivity index (χ0n) is 12.0. The number of carbonyl (C=O) groups excluding carboxylic acids is 1. The highest BCUT2D eigenvalue weighted by atomic mass is 16.1. The summed E-state index contributed by atoms with van der Waals surface area (Å²) in [5, 5.41) is 3.14. The molecule has 0 bridgehead atoms. The number of nitrogens with two attached hydrogens (primary N) is 1. The van der Waals surface area contributed by atoms with Crippen molar-refractivity contribution >= 4 is 11.7 Å². The van der Waals surface area contributed by atoms with Crippen molar-refractivity contribution in [2.24, 2.45) is 5.41 Å². The molecule has 3 N–H and O–H groups in total. The zero-order valence-corrected chi connectivity index (χ0v) is 12.0. The highest BCUT2D eigenvalue weighted by Crippen LogP contribution is 2.37. The van der Waals surface area contributed by atoms with Crippen molar-refractivity contribution in [1.82, 2.24) is 10.3 Å². The van der Waals surface area contributed by atoms with E-state index in [1.807, 2.05) is 13.0 Å². The average Bonchev–Trinajstić information content (AvgIpc) is 2.68. The van der Waals surface area contributed by atoms with Crippen LogP contribution in [-0.4, -0.2) is 16.9 Å². The fourth-order valence-electron chi connectivity index (χ4n) is 2.76. The van der Waals surface area contributed by atoms with Gasteiger partial charge < -0.3 is 11.1 Å². The van der Waals surface area contributed by atoms with Crippen LogP contribution in [0.4, 0.5) is 5.82 Å². The molecule has 1 aromatic rings. The minimum Gasteiger partial charge on any atom is -0.384 e. The van der Waals surface area contributed by atoms with Gasteiger partial charge in [-0.2, -0.15) is 0 Å². The topological polar surface area (TPSA) is 68.0 Å². The molecule has 1 aliphatic carbocycles. The van der Waals surface area contributed by atoms with E-state index in [0.29, 0.717) is 11.4 Å². The largest absolute Gasteiger partial charge is 0.384 e. The third kappa shape index (κ3) is 3.06. The Balaban J connectivity index is 2.14. The maximum Gasteiger partial charge on any atom is 0.251 e. The molecule has 19 heavy (non-hydrogen) atoms. The van der Waals surface area contributed by atoms with E-state index in [0.717, 1.165) is 25.0 Å². The van der Waals surface area contributed by atoms with Crippen LogP contribution in [0.25, 0.3) is 0 Å². The van der Waals surface area contributed by atoms with Crippen LogP contribution in [0.1, 0.15) is 56.1 Å². The molecular formula is C15H23N3O. The molecule has 1 heterocycles. The molecule has 1 unspecified atom stereocenters. The molecule has 1 fully saturated rings. The van der Waals surface area contributed by atoms with Gasteiger partial charge >= 0.3 is 0 Å². The lowest BCUT2D eigenvalue weighted by molar-refractivity contribution is 0.0910. The Kier molecular flexibility index (Phi) is 3.78. The number of hydrogen-bond acceptors (Lipinski definition) is 3. The molecule has 0 saturated heterocycles. The van der Waals surface area contributed by atoms with Crippen molar-refractivity contribution in [2.75, 3.05) is 5.73 Å². The summed E-state index contributed by atoms with van der Waals surface area (Å²) in [4.78, 5) is 16.5. The lowest BCUT2D eigenvalue weighted by Gasteiger charge is -2.27. The van der Waals surface area contributed by atoms with E-state index < -0.39 is 0 Å². The van der Waals surface area contributed by atoms with Crippen molar-refractivity contribution in [3.8, 4) is 0 Å². The number of pyridine rings is 1. The van der Waals surface area contributed by atoms with Crippen LogP contribution >= 0.6 is 0 Å². The zero-order chi connectivity index (χ0) is 14.0. The van der Waals surface area contributed by atoms with Gasteiger partial charge in [-0.25, -0.2) is 4.98 Å². The molecule has 0 aromatic carbocycles. The van der Waals surface area contributed by atoms with Gasteiger partial charge in [-0.3, -0.25) is 4.79 Å². The second-order valence-electron chi connectivity index (χ2n) is 6.03. The summed E-state index contributed by atoms with van der Waals surface area (Å²) in [5.41, 5.74) is 7.40. The molecule has 1 atom stereocenters. The number of nitrogens with one attached hydrogen (secondary N) is 1. The molecule has 104 valence electrons. The monoisotopic (exact) mass is 261 g/mol. The molecule has 1 aliphatic rings. The lowest BCUT2D eigenvalue weighted by atomic mass is 9.87. The van der Waals surface area contributed by atoms with E-state index in [1.165, 1.54) is 6.42 Å². The third-order valence-corrected chi connectivity index (χ3v) is 4.09. The van der Waals surface area contributed by atoms with Gasteiger partial charge in [0, 0.05) is 17.3 Å². The summed E-state index contributed by atoms with van der Waals surface area (Å²) in [5.74, 6) is 0.374. The van der Waals surface area contributed by atoms with Gasteiger partial charge in [0.15, 0.2) is 0 Å². The molecule has 1 amide bonds.